The summed E-state index contributed by atoms with van der Waals surface area (Å²) in [6, 6.07) is 2.59. The molecule has 3 nitrogen and oxygen atoms in total. The van der Waals surface area contributed by atoms with Crippen LogP contribution in [0.15, 0.2) is 11.4 Å². The van der Waals surface area contributed by atoms with Crippen LogP contribution >= 0.6 is 11.3 Å². The highest BCUT2D eigenvalue weighted by molar-refractivity contribution is 7.10. The van der Waals surface area contributed by atoms with Crippen molar-refractivity contribution in [1.82, 2.24) is 5.32 Å². The van der Waals surface area contributed by atoms with Crippen molar-refractivity contribution in [1.29, 1.82) is 0 Å². The lowest BCUT2D eigenvalue weighted by Crippen LogP contribution is -2.19. The molecule has 0 aliphatic carbocycles. The first kappa shape index (κ1) is 13.6. The zero-order valence-electron chi connectivity index (χ0n) is 10.3. The van der Waals surface area contributed by atoms with Crippen LogP contribution in [0.5, 0.6) is 0 Å². The fourth-order valence-corrected chi connectivity index (χ4v) is 2.42. The summed E-state index contributed by atoms with van der Waals surface area (Å²) in [6.07, 6.45) is 0.998. The number of ether oxygens (including phenoxy) is 2. The summed E-state index contributed by atoms with van der Waals surface area (Å²) in [5, 5.41) is 5.47. The average Bonchev–Trinajstić information content (AvgIpc) is 2.70. The molecular formula is C12H21NO2S. The molecule has 0 aliphatic heterocycles. The average molecular weight is 243 g/mol. The van der Waals surface area contributed by atoms with E-state index >= 15 is 0 Å². The first-order valence-electron chi connectivity index (χ1n) is 5.57. The van der Waals surface area contributed by atoms with E-state index in [1.807, 2.05) is 7.05 Å². The number of hydrogen-bond donors (Lipinski definition) is 1. The third kappa shape index (κ3) is 4.22. The highest BCUT2D eigenvalue weighted by atomic mass is 32.1. The second kappa shape index (κ2) is 7.79. The molecule has 1 rings (SSSR count). The third-order valence-corrected chi connectivity index (χ3v) is 3.47. The van der Waals surface area contributed by atoms with E-state index in [4.69, 9.17) is 9.47 Å². The maximum Gasteiger partial charge on any atom is 0.0700 e. The van der Waals surface area contributed by atoms with Crippen molar-refractivity contribution >= 4 is 11.3 Å². The summed E-state index contributed by atoms with van der Waals surface area (Å²) in [7, 11) is 3.69. The van der Waals surface area contributed by atoms with Gasteiger partial charge < -0.3 is 14.8 Å². The van der Waals surface area contributed by atoms with Crippen LogP contribution in [0.25, 0.3) is 0 Å². The predicted octanol–water partition coefficient (Wildman–Crippen LogP) is 2.37. The van der Waals surface area contributed by atoms with E-state index in [2.05, 4.69) is 23.7 Å². The van der Waals surface area contributed by atoms with Crippen LogP contribution in [0.2, 0.25) is 0 Å². The highest BCUT2D eigenvalue weighted by Gasteiger charge is 2.12. The maximum absolute atomic E-state index is 5.48. The van der Waals surface area contributed by atoms with Gasteiger partial charge in [0.15, 0.2) is 0 Å². The number of nitrogens with one attached hydrogen (secondary N) is 1. The van der Waals surface area contributed by atoms with E-state index in [1.54, 1.807) is 18.4 Å². The van der Waals surface area contributed by atoms with Crippen LogP contribution in [-0.2, 0) is 9.47 Å². The van der Waals surface area contributed by atoms with E-state index in [9.17, 15) is 0 Å². The molecule has 1 N–H and O–H groups in total. The van der Waals surface area contributed by atoms with Gasteiger partial charge in [0, 0.05) is 24.6 Å². The van der Waals surface area contributed by atoms with E-state index in [0.717, 1.165) is 13.0 Å². The van der Waals surface area contributed by atoms with Crippen LogP contribution in [-0.4, -0.2) is 34.0 Å². The number of aryl methyl sites for hydroxylation is 1. The van der Waals surface area contributed by atoms with E-state index < -0.39 is 0 Å². The van der Waals surface area contributed by atoms with E-state index in [1.165, 1.54) is 10.4 Å². The summed E-state index contributed by atoms with van der Waals surface area (Å²) < 4.78 is 10.4. The summed E-state index contributed by atoms with van der Waals surface area (Å²) >= 11 is 1.79. The van der Waals surface area contributed by atoms with Crippen molar-refractivity contribution in [2.75, 3.05) is 34.0 Å². The first-order valence-corrected chi connectivity index (χ1v) is 6.45. The van der Waals surface area contributed by atoms with Gasteiger partial charge in [-0.2, -0.15) is 0 Å². The summed E-state index contributed by atoms with van der Waals surface area (Å²) in [6.45, 7) is 4.28. The summed E-state index contributed by atoms with van der Waals surface area (Å²) in [5.41, 5.74) is 1.39. The number of methoxy groups -OCH3 is 1. The highest BCUT2D eigenvalue weighted by Crippen LogP contribution is 2.24. The van der Waals surface area contributed by atoms with Gasteiger partial charge in [-0.3, -0.25) is 0 Å². The van der Waals surface area contributed by atoms with Gasteiger partial charge in [0.25, 0.3) is 0 Å². The molecule has 4 heteroatoms. The van der Waals surface area contributed by atoms with Crippen LogP contribution < -0.4 is 5.32 Å². The maximum atomic E-state index is 5.48. The summed E-state index contributed by atoms with van der Waals surface area (Å²) in [4.78, 5) is 1.39. The molecule has 0 radical (unpaired) electrons. The van der Waals surface area contributed by atoms with Crippen LogP contribution in [0.4, 0.5) is 0 Å². The molecule has 1 aromatic rings. The molecule has 1 atom stereocenters. The lowest BCUT2D eigenvalue weighted by Gasteiger charge is -2.16. The molecule has 0 amide bonds. The Bertz CT molecular complexity index is 288. The number of thiophene rings is 1. The van der Waals surface area contributed by atoms with Crippen molar-refractivity contribution < 1.29 is 9.47 Å². The van der Waals surface area contributed by atoms with Gasteiger partial charge in [-0.1, -0.05) is 0 Å². The minimum atomic E-state index is 0.397. The molecule has 0 spiro atoms. The fourth-order valence-electron chi connectivity index (χ4n) is 1.66. The Kier molecular flexibility index (Phi) is 6.64. The Morgan fingerprint density at radius 2 is 2.19 bits per heavy atom. The topological polar surface area (TPSA) is 30.5 Å². The molecule has 1 unspecified atom stereocenters. The summed E-state index contributed by atoms with van der Waals surface area (Å²) in [5.74, 6) is 0. The molecule has 0 aliphatic rings. The predicted molar refractivity (Wildman–Crippen MR) is 68.2 cm³/mol. The minimum absolute atomic E-state index is 0.397. The molecule has 0 bridgehead atoms. The van der Waals surface area contributed by atoms with Crippen molar-refractivity contribution in [3.63, 3.8) is 0 Å². The Morgan fingerprint density at radius 3 is 2.75 bits per heavy atom. The monoisotopic (exact) mass is 243 g/mol. The molecule has 1 aromatic heterocycles. The fraction of sp³-hybridized carbons (Fsp3) is 0.667. The van der Waals surface area contributed by atoms with Gasteiger partial charge in [0.1, 0.15) is 0 Å². The molecule has 0 saturated heterocycles. The zero-order valence-corrected chi connectivity index (χ0v) is 11.1. The van der Waals surface area contributed by atoms with Gasteiger partial charge in [-0.25, -0.2) is 0 Å². The lowest BCUT2D eigenvalue weighted by molar-refractivity contribution is 0.0661. The van der Waals surface area contributed by atoms with Crippen molar-refractivity contribution in [2.45, 2.75) is 19.4 Å². The SMILES string of the molecule is CNC(CCOCCOC)c1ccsc1C. The Morgan fingerprint density at radius 1 is 1.38 bits per heavy atom. The molecule has 0 saturated carbocycles. The Balaban J connectivity index is 2.30. The smallest absolute Gasteiger partial charge is 0.0700 e. The van der Waals surface area contributed by atoms with Crippen LogP contribution in [0.1, 0.15) is 22.9 Å². The minimum Gasteiger partial charge on any atom is -0.382 e. The second-order valence-electron chi connectivity index (χ2n) is 3.67. The van der Waals surface area contributed by atoms with E-state index in [0.29, 0.717) is 19.3 Å². The van der Waals surface area contributed by atoms with Crippen LogP contribution in [0.3, 0.4) is 0 Å². The van der Waals surface area contributed by atoms with Crippen molar-refractivity contribution in [2.24, 2.45) is 0 Å². The number of hydrogen-bond acceptors (Lipinski definition) is 4. The molecular weight excluding hydrogens is 222 g/mol. The molecule has 1 heterocycles. The van der Waals surface area contributed by atoms with Crippen LogP contribution in [0, 0.1) is 6.92 Å². The molecule has 16 heavy (non-hydrogen) atoms. The zero-order chi connectivity index (χ0) is 11.8. The Labute approximate surface area is 102 Å². The van der Waals surface area contributed by atoms with Gasteiger partial charge in [0.2, 0.25) is 0 Å². The second-order valence-corrected chi connectivity index (χ2v) is 4.79. The van der Waals surface area contributed by atoms with Gasteiger partial charge >= 0.3 is 0 Å². The van der Waals surface area contributed by atoms with Gasteiger partial charge in [-0.05, 0) is 37.4 Å². The lowest BCUT2D eigenvalue weighted by atomic mass is 10.1. The third-order valence-electron chi connectivity index (χ3n) is 2.61. The molecule has 0 fully saturated rings. The molecule has 0 aromatic carbocycles. The van der Waals surface area contributed by atoms with Crippen molar-refractivity contribution in [3.05, 3.63) is 21.9 Å². The van der Waals surface area contributed by atoms with Gasteiger partial charge in [-0.15, -0.1) is 11.3 Å². The number of rotatable bonds is 8. The normalized spacial score (nSPS) is 12.9. The van der Waals surface area contributed by atoms with Crippen molar-refractivity contribution in [3.8, 4) is 0 Å². The Hall–Kier alpha value is -0.420. The largest absolute Gasteiger partial charge is 0.382 e. The quantitative estimate of drug-likeness (QED) is 0.711. The first-order chi connectivity index (χ1) is 7.79. The molecule has 92 valence electrons. The van der Waals surface area contributed by atoms with Gasteiger partial charge in [0.05, 0.1) is 13.2 Å². The standard InChI is InChI=1S/C12H21NO2S/c1-10-11(5-9-16-10)12(13-2)4-6-15-8-7-14-3/h5,9,12-13H,4,6-8H2,1-3H3. The van der Waals surface area contributed by atoms with E-state index in [-0.39, 0.29) is 0 Å².